The van der Waals surface area contributed by atoms with Crippen molar-refractivity contribution in [2.75, 3.05) is 0 Å². The summed E-state index contributed by atoms with van der Waals surface area (Å²) in [4.78, 5) is 11.5. The zero-order valence-electron chi connectivity index (χ0n) is 13.0. The van der Waals surface area contributed by atoms with Crippen LogP contribution in [-0.2, 0) is 27.1 Å². The van der Waals surface area contributed by atoms with Gasteiger partial charge >= 0.3 is 0 Å². The van der Waals surface area contributed by atoms with Gasteiger partial charge in [0.05, 0.1) is 11.8 Å². The lowest BCUT2D eigenvalue weighted by Crippen LogP contribution is -2.38. The quantitative estimate of drug-likeness (QED) is 0.680. The molecule has 1 aromatic rings. The van der Waals surface area contributed by atoms with Gasteiger partial charge in [0.25, 0.3) is 0 Å². The highest BCUT2D eigenvalue weighted by Gasteiger charge is 2.15. The fourth-order valence-electron chi connectivity index (χ4n) is 1.82. The second-order valence-corrected chi connectivity index (χ2v) is 7.06. The number of nitrogens with two attached hydrogens (primary N) is 1. The smallest absolute Gasteiger partial charge is 0.236 e. The number of hydrogen-bond acceptors (Lipinski definition) is 4. The van der Waals surface area contributed by atoms with E-state index in [0.717, 1.165) is 5.56 Å². The Bertz CT molecular complexity index is 589. The first kappa shape index (κ1) is 20.9. The van der Waals surface area contributed by atoms with Crippen molar-refractivity contribution in [3.63, 3.8) is 0 Å². The first-order valence-corrected chi connectivity index (χ1v) is 8.46. The fourth-order valence-corrected chi connectivity index (χ4v) is 3.31. The van der Waals surface area contributed by atoms with Gasteiger partial charge in [-0.3, -0.25) is 4.79 Å². The van der Waals surface area contributed by atoms with Crippen molar-refractivity contribution in [3.05, 3.63) is 35.4 Å². The molecule has 0 aliphatic carbocycles. The average Bonchev–Trinajstić information content (AvgIpc) is 2.35. The molecule has 0 unspecified atom stereocenters. The lowest BCUT2D eigenvalue weighted by atomic mass is 10.1. The molecule has 8 heteroatoms. The molecular weight excluding hydrogens is 326 g/mol. The van der Waals surface area contributed by atoms with Crippen molar-refractivity contribution in [2.24, 2.45) is 5.73 Å². The van der Waals surface area contributed by atoms with Crippen LogP contribution in [0.25, 0.3) is 0 Å². The topological polar surface area (TPSA) is 101 Å². The number of carbonyl (C=O) groups is 1. The molecule has 0 aromatic heterocycles. The monoisotopic (exact) mass is 349 g/mol. The Morgan fingerprint density at radius 1 is 1.18 bits per heavy atom. The summed E-state index contributed by atoms with van der Waals surface area (Å²) in [6.45, 7) is 5.39. The largest absolute Gasteiger partial charge is 0.351 e. The standard InChI is InChI=1S/C14H23N3O3S.ClH/c1-10(2)17-21(19,20)9-13-7-5-4-6-12(13)8-16-14(18)11(3)15;/h4-7,10-11,17H,8-9,15H2,1-3H3,(H,16,18);1H/t11-;/m1./s1. The van der Waals surface area contributed by atoms with Crippen LogP contribution in [0.15, 0.2) is 24.3 Å². The summed E-state index contributed by atoms with van der Waals surface area (Å²) in [7, 11) is -3.40. The molecule has 0 bridgehead atoms. The molecule has 4 N–H and O–H groups in total. The molecule has 6 nitrogen and oxygen atoms in total. The van der Waals surface area contributed by atoms with Gasteiger partial charge in [-0.2, -0.15) is 0 Å². The maximum Gasteiger partial charge on any atom is 0.236 e. The Labute approximate surface area is 138 Å². The summed E-state index contributed by atoms with van der Waals surface area (Å²) >= 11 is 0. The molecule has 126 valence electrons. The van der Waals surface area contributed by atoms with Crippen LogP contribution in [0.4, 0.5) is 0 Å². The Hall–Kier alpha value is -1.15. The third-order valence-electron chi connectivity index (χ3n) is 2.75. The van der Waals surface area contributed by atoms with Crippen molar-refractivity contribution in [1.82, 2.24) is 10.0 Å². The van der Waals surface area contributed by atoms with E-state index in [1.165, 1.54) is 0 Å². The Morgan fingerprint density at radius 2 is 1.73 bits per heavy atom. The number of hydrogen-bond donors (Lipinski definition) is 3. The van der Waals surface area contributed by atoms with E-state index in [9.17, 15) is 13.2 Å². The number of carbonyl (C=O) groups excluding carboxylic acids is 1. The molecule has 22 heavy (non-hydrogen) atoms. The third kappa shape index (κ3) is 7.22. The van der Waals surface area contributed by atoms with Crippen molar-refractivity contribution >= 4 is 28.3 Å². The molecular formula is C14H24ClN3O3S. The SMILES string of the molecule is CC(C)NS(=O)(=O)Cc1ccccc1CNC(=O)[C@@H](C)N.Cl. The lowest BCUT2D eigenvalue weighted by Gasteiger charge is -2.14. The van der Waals surface area contributed by atoms with E-state index in [2.05, 4.69) is 10.0 Å². The minimum absolute atomic E-state index is 0. The Morgan fingerprint density at radius 3 is 2.23 bits per heavy atom. The summed E-state index contributed by atoms with van der Waals surface area (Å²) in [6, 6.07) is 6.37. The number of amides is 1. The third-order valence-corrected chi connectivity index (χ3v) is 4.27. The molecule has 0 aliphatic heterocycles. The van der Waals surface area contributed by atoms with Gasteiger partial charge in [0.15, 0.2) is 0 Å². The van der Waals surface area contributed by atoms with Gasteiger partial charge in [-0.25, -0.2) is 13.1 Å². The Kier molecular flexibility index (Phi) is 8.62. The number of nitrogens with one attached hydrogen (secondary N) is 2. The lowest BCUT2D eigenvalue weighted by molar-refractivity contribution is -0.122. The number of rotatable bonds is 7. The van der Waals surface area contributed by atoms with Crippen LogP contribution in [0, 0.1) is 0 Å². The molecule has 1 atom stereocenters. The van der Waals surface area contributed by atoms with Crippen LogP contribution in [0.2, 0.25) is 0 Å². The molecule has 1 aromatic carbocycles. The average molecular weight is 350 g/mol. The van der Waals surface area contributed by atoms with Crippen LogP contribution < -0.4 is 15.8 Å². The van der Waals surface area contributed by atoms with Gasteiger partial charge in [-0.15, -0.1) is 12.4 Å². The number of benzene rings is 1. The minimum Gasteiger partial charge on any atom is -0.351 e. The molecule has 0 aliphatic rings. The maximum atomic E-state index is 12.0. The summed E-state index contributed by atoms with van der Waals surface area (Å²) in [5, 5.41) is 2.69. The van der Waals surface area contributed by atoms with Crippen molar-refractivity contribution < 1.29 is 13.2 Å². The highest BCUT2D eigenvalue weighted by atomic mass is 35.5. The highest BCUT2D eigenvalue weighted by Crippen LogP contribution is 2.12. The van der Waals surface area contributed by atoms with Crippen molar-refractivity contribution in [2.45, 2.75) is 45.2 Å². The summed E-state index contributed by atoms with van der Waals surface area (Å²) < 4.78 is 26.5. The second-order valence-electron chi connectivity index (χ2n) is 5.31. The van der Waals surface area contributed by atoms with Crippen LogP contribution in [0.3, 0.4) is 0 Å². The number of sulfonamides is 1. The predicted molar refractivity (Wildman–Crippen MR) is 90.1 cm³/mol. The van der Waals surface area contributed by atoms with Gasteiger partial charge in [0, 0.05) is 12.6 Å². The summed E-state index contributed by atoms with van der Waals surface area (Å²) in [6.07, 6.45) is 0. The van der Waals surface area contributed by atoms with E-state index in [1.807, 2.05) is 0 Å². The molecule has 0 radical (unpaired) electrons. The van der Waals surface area contributed by atoms with E-state index in [1.54, 1.807) is 45.0 Å². The molecule has 0 saturated heterocycles. The van der Waals surface area contributed by atoms with E-state index < -0.39 is 16.1 Å². The second kappa shape index (κ2) is 9.09. The molecule has 0 spiro atoms. The maximum absolute atomic E-state index is 12.0. The van der Waals surface area contributed by atoms with E-state index in [0.29, 0.717) is 5.56 Å². The first-order chi connectivity index (χ1) is 9.71. The number of halogens is 1. The zero-order valence-corrected chi connectivity index (χ0v) is 14.6. The van der Waals surface area contributed by atoms with E-state index in [4.69, 9.17) is 5.73 Å². The fraction of sp³-hybridized carbons (Fsp3) is 0.500. The van der Waals surface area contributed by atoms with Crippen LogP contribution in [0.5, 0.6) is 0 Å². The van der Waals surface area contributed by atoms with Gasteiger partial charge < -0.3 is 11.1 Å². The van der Waals surface area contributed by atoms with Crippen LogP contribution in [-0.4, -0.2) is 26.4 Å². The van der Waals surface area contributed by atoms with Gasteiger partial charge in [0.2, 0.25) is 15.9 Å². The van der Waals surface area contributed by atoms with Crippen LogP contribution in [0.1, 0.15) is 31.9 Å². The minimum atomic E-state index is -3.40. The predicted octanol–water partition coefficient (Wildman–Crippen LogP) is 0.900. The van der Waals surface area contributed by atoms with Gasteiger partial charge in [-0.05, 0) is 31.9 Å². The molecule has 0 fully saturated rings. The summed E-state index contributed by atoms with van der Waals surface area (Å²) in [5.41, 5.74) is 6.90. The van der Waals surface area contributed by atoms with Gasteiger partial charge in [0.1, 0.15) is 0 Å². The molecule has 0 heterocycles. The normalized spacial score (nSPS) is 12.6. The van der Waals surface area contributed by atoms with Crippen molar-refractivity contribution in [1.29, 1.82) is 0 Å². The highest BCUT2D eigenvalue weighted by molar-refractivity contribution is 7.88. The van der Waals surface area contributed by atoms with Crippen molar-refractivity contribution in [3.8, 4) is 0 Å². The first-order valence-electron chi connectivity index (χ1n) is 6.81. The summed E-state index contributed by atoms with van der Waals surface area (Å²) in [5.74, 6) is -0.386. The molecule has 0 saturated carbocycles. The molecule has 1 rings (SSSR count). The van der Waals surface area contributed by atoms with Crippen LogP contribution >= 0.6 is 12.4 Å². The van der Waals surface area contributed by atoms with E-state index in [-0.39, 0.29) is 36.7 Å². The van der Waals surface area contributed by atoms with Gasteiger partial charge in [-0.1, -0.05) is 24.3 Å². The Balaban J connectivity index is 0.00000441. The van der Waals surface area contributed by atoms with E-state index >= 15 is 0 Å². The zero-order chi connectivity index (χ0) is 16.0. The molecule has 1 amide bonds.